The summed E-state index contributed by atoms with van der Waals surface area (Å²) in [4.78, 5) is 11.5. The van der Waals surface area contributed by atoms with Gasteiger partial charge in [-0.15, -0.1) is 10.2 Å². The van der Waals surface area contributed by atoms with E-state index < -0.39 is 5.97 Å². The van der Waals surface area contributed by atoms with E-state index in [9.17, 15) is 4.79 Å². The van der Waals surface area contributed by atoms with Gasteiger partial charge in [0.05, 0.1) is 0 Å². The quantitative estimate of drug-likeness (QED) is 0.837. The monoisotopic (exact) mass is 232 g/mol. The second kappa shape index (κ2) is 4.73. The molecule has 1 heterocycles. The number of benzene rings is 1. The van der Waals surface area contributed by atoms with Crippen molar-refractivity contribution in [2.75, 3.05) is 0 Å². The van der Waals surface area contributed by atoms with Crippen molar-refractivity contribution in [3.05, 3.63) is 41.2 Å². The molecule has 0 spiro atoms. The summed E-state index contributed by atoms with van der Waals surface area (Å²) in [6.07, 6.45) is 0.555. The van der Waals surface area contributed by atoms with Crippen LogP contribution in [0.15, 0.2) is 24.3 Å². The van der Waals surface area contributed by atoms with Crippen molar-refractivity contribution in [3.8, 4) is 0 Å². The first-order valence-electron chi connectivity index (χ1n) is 5.17. The number of carboxylic acid groups (broad SMARTS) is 1. The molecule has 17 heavy (non-hydrogen) atoms. The van der Waals surface area contributed by atoms with Crippen LogP contribution in [0.25, 0.3) is 0 Å². The van der Waals surface area contributed by atoms with Gasteiger partial charge in [-0.25, -0.2) is 0 Å². The third-order valence-corrected chi connectivity index (χ3v) is 2.25. The van der Waals surface area contributed by atoms with Crippen LogP contribution in [0.1, 0.15) is 17.0 Å². The molecule has 2 rings (SSSR count). The van der Waals surface area contributed by atoms with Crippen LogP contribution in [-0.2, 0) is 17.8 Å². The molecule has 1 aromatic heterocycles. The van der Waals surface area contributed by atoms with Crippen LogP contribution in [0.3, 0.4) is 0 Å². The average molecular weight is 232 g/mol. The molecule has 1 N–H and O–H groups in total. The summed E-state index contributed by atoms with van der Waals surface area (Å²) in [5.41, 5.74) is 2.27. The second-order valence-corrected chi connectivity index (χ2v) is 3.79. The Labute approximate surface area is 97.9 Å². The number of aliphatic carboxylic acids is 1. The topological polar surface area (TPSA) is 80.9 Å². The molecular weight excluding hydrogens is 220 g/mol. The lowest BCUT2D eigenvalue weighted by Crippen LogP contribution is -2.11. The lowest BCUT2D eigenvalue weighted by Gasteiger charge is -1.97. The van der Waals surface area contributed by atoms with E-state index in [0.717, 1.165) is 10.4 Å². The highest BCUT2D eigenvalue weighted by Crippen LogP contribution is 2.06. The third kappa shape index (κ3) is 3.10. The number of nitrogens with zero attached hydrogens (tertiary/aromatic N) is 4. The average Bonchev–Trinajstić information content (AvgIpc) is 2.68. The van der Waals surface area contributed by atoms with Gasteiger partial charge in [-0.1, -0.05) is 29.8 Å². The van der Waals surface area contributed by atoms with Crippen molar-refractivity contribution >= 4 is 5.97 Å². The SMILES string of the molecule is Cc1ccc(Cc2nnn(CC(=O)O)n2)cc1. The maximum atomic E-state index is 10.4. The number of carbonyl (C=O) groups is 1. The highest BCUT2D eigenvalue weighted by atomic mass is 16.4. The summed E-state index contributed by atoms with van der Waals surface area (Å²) in [5, 5.41) is 20.0. The summed E-state index contributed by atoms with van der Waals surface area (Å²) in [7, 11) is 0. The van der Waals surface area contributed by atoms with Gasteiger partial charge in [-0.05, 0) is 17.7 Å². The Hall–Kier alpha value is -2.24. The lowest BCUT2D eigenvalue weighted by atomic mass is 10.1. The Morgan fingerprint density at radius 2 is 2.06 bits per heavy atom. The minimum atomic E-state index is -0.982. The molecular formula is C11H12N4O2. The van der Waals surface area contributed by atoms with E-state index in [0.29, 0.717) is 12.2 Å². The Bertz CT molecular complexity index is 519. The van der Waals surface area contributed by atoms with E-state index in [4.69, 9.17) is 5.11 Å². The summed E-state index contributed by atoms with van der Waals surface area (Å²) in [6, 6.07) is 8.01. The van der Waals surface area contributed by atoms with Crippen LogP contribution in [0, 0.1) is 6.92 Å². The molecule has 0 saturated heterocycles. The molecule has 1 aromatic carbocycles. The minimum Gasteiger partial charge on any atom is -0.480 e. The maximum Gasteiger partial charge on any atom is 0.327 e. The van der Waals surface area contributed by atoms with Crippen LogP contribution >= 0.6 is 0 Å². The van der Waals surface area contributed by atoms with Crippen molar-refractivity contribution in [1.82, 2.24) is 20.2 Å². The van der Waals surface area contributed by atoms with Gasteiger partial charge in [0.2, 0.25) is 0 Å². The molecule has 0 radical (unpaired) electrons. The van der Waals surface area contributed by atoms with E-state index in [1.165, 1.54) is 5.56 Å². The predicted octanol–water partition coefficient (Wildman–Crippen LogP) is 0.657. The van der Waals surface area contributed by atoms with Gasteiger partial charge in [0.15, 0.2) is 12.4 Å². The minimum absolute atomic E-state index is 0.263. The first-order chi connectivity index (χ1) is 8.13. The first kappa shape index (κ1) is 11.3. The Kier molecular flexibility index (Phi) is 3.13. The molecule has 6 heteroatoms. The fourth-order valence-corrected chi connectivity index (χ4v) is 1.42. The van der Waals surface area contributed by atoms with E-state index in [1.54, 1.807) is 0 Å². The second-order valence-electron chi connectivity index (χ2n) is 3.79. The third-order valence-electron chi connectivity index (χ3n) is 2.25. The smallest absolute Gasteiger partial charge is 0.327 e. The number of aromatic nitrogens is 4. The molecule has 0 bridgehead atoms. The van der Waals surface area contributed by atoms with Crippen LogP contribution < -0.4 is 0 Å². The molecule has 0 saturated carbocycles. The van der Waals surface area contributed by atoms with Gasteiger partial charge in [0.1, 0.15) is 0 Å². The number of rotatable bonds is 4. The first-order valence-corrected chi connectivity index (χ1v) is 5.17. The fourth-order valence-electron chi connectivity index (χ4n) is 1.42. The van der Waals surface area contributed by atoms with Gasteiger partial charge in [0.25, 0.3) is 0 Å². The standard InChI is InChI=1S/C11H12N4O2/c1-8-2-4-9(5-3-8)6-10-12-14-15(13-10)7-11(16)17/h2-5H,6-7H2,1H3,(H,16,17). The molecule has 0 fully saturated rings. The molecule has 0 atom stereocenters. The van der Waals surface area contributed by atoms with E-state index in [2.05, 4.69) is 15.4 Å². The van der Waals surface area contributed by atoms with Crippen molar-refractivity contribution in [1.29, 1.82) is 0 Å². The number of tetrazole rings is 1. The predicted molar refractivity (Wildman–Crippen MR) is 59.4 cm³/mol. The summed E-state index contributed by atoms with van der Waals surface area (Å²) in [5.74, 6) is -0.459. The van der Waals surface area contributed by atoms with E-state index in [1.807, 2.05) is 31.2 Å². The molecule has 88 valence electrons. The normalized spacial score (nSPS) is 10.4. The molecule has 0 amide bonds. The van der Waals surface area contributed by atoms with Crippen LogP contribution in [0.4, 0.5) is 0 Å². The van der Waals surface area contributed by atoms with Crippen molar-refractivity contribution in [2.24, 2.45) is 0 Å². The molecule has 0 aliphatic carbocycles. The van der Waals surface area contributed by atoms with Crippen molar-refractivity contribution in [3.63, 3.8) is 0 Å². The van der Waals surface area contributed by atoms with Gasteiger partial charge >= 0.3 is 5.97 Å². The summed E-state index contributed by atoms with van der Waals surface area (Å²) in [6.45, 7) is 1.76. The molecule has 0 aliphatic rings. The largest absolute Gasteiger partial charge is 0.480 e. The molecule has 2 aromatic rings. The number of carboxylic acids is 1. The zero-order valence-electron chi connectivity index (χ0n) is 9.37. The lowest BCUT2D eigenvalue weighted by molar-refractivity contribution is -0.138. The number of hydrogen-bond acceptors (Lipinski definition) is 4. The highest BCUT2D eigenvalue weighted by molar-refractivity contribution is 5.66. The van der Waals surface area contributed by atoms with E-state index in [-0.39, 0.29) is 6.54 Å². The van der Waals surface area contributed by atoms with Crippen LogP contribution in [-0.4, -0.2) is 31.3 Å². The van der Waals surface area contributed by atoms with Crippen LogP contribution in [0.2, 0.25) is 0 Å². The zero-order valence-corrected chi connectivity index (χ0v) is 9.37. The Morgan fingerprint density at radius 1 is 1.35 bits per heavy atom. The zero-order chi connectivity index (χ0) is 12.3. The molecule has 0 aliphatic heterocycles. The molecule has 6 nitrogen and oxygen atoms in total. The molecule has 0 unspecified atom stereocenters. The van der Waals surface area contributed by atoms with Gasteiger partial charge in [-0.3, -0.25) is 4.79 Å². The Morgan fingerprint density at radius 3 is 2.71 bits per heavy atom. The maximum absolute atomic E-state index is 10.4. The summed E-state index contributed by atoms with van der Waals surface area (Å²) >= 11 is 0. The van der Waals surface area contributed by atoms with Gasteiger partial charge in [-0.2, -0.15) is 4.80 Å². The Balaban J connectivity index is 2.06. The van der Waals surface area contributed by atoms with Crippen molar-refractivity contribution < 1.29 is 9.90 Å². The summed E-state index contributed by atoms with van der Waals surface area (Å²) < 4.78 is 0. The number of hydrogen-bond donors (Lipinski definition) is 1. The van der Waals surface area contributed by atoms with E-state index >= 15 is 0 Å². The van der Waals surface area contributed by atoms with Crippen molar-refractivity contribution in [2.45, 2.75) is 19.9 Å². The van der Waals surface area contributed by atoms with Gasteiger partial charge < -0.3 is 5.11 Å². The number of aryl methyl sites for hydroxylation is 1. The highest BCUT2D eigenvalue weighted by Gasteiger charge is 2.06. The fraction of sp³-hybridized carbons (Fsp3) is 0.273. The van der Waals surface area contributed by atoms with Gasteiger partial charge in [0, 0.05) is 6.42 Å². The van der Waals surface area contributed by atoms with Crippen LogP contribution in [0.5, 0.6) is 0 Å².